The highest BCUT2D eigenvalue weighted by atomic mass is 14.2. The van der Waals surface area contributed by atoms with Crippen molar-refractivity contribution < 1.29 is 0 Å². The molecule has 0 bridgehead atoms. The van der Waals surface area contributed by atoms with E-state index in [1.807, 2.05) is 0 Å². The van der Waals surface area contributed by atoms with Crippen molar-refractivity contribution in [2.24, 2.45) is 0 Å². The van der Waals surface area contributed by atoms with E-state index in [4.69, 9.17) is 0 Å². The monoisotopic (exact) mass is 194 g/mol. The van der Waals surface area contributed by atoms with Crippen LogP contribution >= 0.6 is 0 Å². The summed E-state index contributed by atoms with van der Waals surface area (Å²) in [5.74, 6) is 0. The van der Waals surface area contributed by atoms with Crippen LogP contribution in [0.4, 0.5) is 0 Å². The Morgan fingerprint density at radius 1 is 0.867 bits per heavy atom. The second-order valence-electron chi connectivity index (χ2n) is 4.21. The third kappa shape index (κ3) is 1.56. The maximum absolute atomic E-state index is 2.37. The highest BCUT2D eigenvalue weighted by molar-refractivity contribution is 5.49. The fraction of sp³-hybridized carbons (Fsp3) is 0.200. The number of hydrogen-bond acceptors (Lipinski definition) is 0. The Balaban J connectivity index is 2.07. The van der Waals surface area contributed by atoms with Gasteiger partial charge in [-0.3, -0.25) is 0 Å². The first-order chi connectivity index (χ1) is 7.43. The fourth-order valence-electron chi connectivity index (χ4n) is 2.38. The van der Waals surface area contributed by atoms with E-state index >= 15 is 0 Å². The molecule has 0 aliphatic heterocycles. The molecule has 0 saturated heterocycles. The molecule has 0 saturated carbocycles. The van der Waals surface area contributed by atoms with Gasteiger partial charge in [0, 0.05) is 0 Å². The SMILES string of the molecule is C1=CCC=C2Cc3ccccc3CC2=C1. The van der Waals surface area contributed by atoms with E-state index in [1.165, 1.54) is 22.3 Å². The number of hydrogen-bond donors (Lipinski definition) is 0. The Kier molecular flexibility index (Phi) is 2.06. The molecule has 0 heterocycles. The highest BCUT2D eigenvalue weighted by Gasteiger charge is 2.16. The van der Waals surface area contributed by atoms with Gasteiger partial charge in [-0.25, -0.2) is 0 Å². The molecular formula is C15H14. The van der Waals surface area contributed by atoms with Crippen LogP contribution in [0.25, 0.3) is 0 Å². The molecule has 0 radical (unpaired) electrons. The lowest BCUT2D eigenvalue weighted by Crippen LogP contribution is -2.08. The quantitative estimate of drug-likeness (QED) is 0.592. The minimum Gasteiger partial charge on any atom is -0.0807 e. The van der Waals surface area contributed by atoms with E-state index in [2.05, 4.69) is 48.6 Å². The van der Waals surface area contributed by atoms with Gasteiger partial charge in [-0.15, -0.1) is 0 Å². The summed E-state index contributed by atoms with van der Waals surface area (Å²) in [5.41, 5.74) is 6.03. The molecule has 0 heteroatoms. The van der Waals surface area contributed by atoms with Gasteiger partial charge in [-0.2, -0.15) is 0 Å². The lowest BCUT2D eigenvalue weighted by Gasteiger charge is -2.21. The zero-order chi connectivity index (χ0) is 10.1. The molecule has 1 aromatic carbocycles. The van der Waals surface area contributed by atoms with Gasteiger partial charge in [-0.05, 0) is 41.5 Å². The summed E-state index contributed by atoms with van der Waals surface area (Å²) < 4.78 is 0. The zero-order valence-corrected chi connectivity index (χ0v) is 8.74. The lowest BCUT2D eigenvalue weighted by molar-refractivity contribution is 0.978. The molecule has 15 heavy (non-hydrogen) atoms. The second-order valence-corrected chi connectivity index (χ2v) is 4.21. The summed E-state index contributed by atoms with van der Waals surface area (Å²) in [6.07, 6.45) is 12.4. The minimum atomic E-state index is 1.08. The van der Waals surface area contributed by atoms with Crippen LogP contribution < -0.4 is 0 Å². The van der Waals surface area contributed by atoms with E-state index in [0.717, 1.165) is 19.3 Å². The largest absolute Gasteiger partial charge is 0.0807 e. The number of fused-ring (bicyclic) bond motifs is 2. The van der Waals surface area contributed by atoms with Crippen molar-refractivity contribution in [3.05, 3.63) is 70.8 Å². The molecule has 0 fully saturated rings. The van der Waals surface area contributed by atoms with Crippen LogP contribution in [0.5, 0.6) is 0 Å². The predicted octanol–water partition coefficient (Wildman–Crippen LogP) is 3.60. The van der Waals surface area contributed by atoms with Crippen molar-refractivity contribution in [1.82, 2.24) is 0 Å². The highest BCUT2D eigenvalue weighted by Crippen LogP contribution is 2.30. The van der Waals surface area contributed by atoms with E-state index in [-0.39, 0.29) is 0 Å². The van der Waals surface area contributed by atoms with Crippen LogP contribution in [0.3, 0.4) is 0 Å². The van der Waals surface area contributed by atoms with Crippen molar-refractivity contribution in [2.75, 3.05) is 0 Å². The number of benzene rings is 1. The molecule has 0 N–H and O–H groups in total. The summed E-state index contributed by atoms with van der Waals surface area (Å²) >= 11 is 0. The molecule has 0 atom stereocenters. The number of allylic oxidation sites excluding steroid dienone is 6. The Hall–Kier alpha value is -1.56. The van der Waals surface area contributed by atoms with Crippen LogP contribution in [0.2, 0.25) is 0 Å². The standard InChI is InChI=1S/C15H14/c1-2-6-12-10-14-8-4-5-9-15(14)11-13(12)7-3-1/h1-2,4-9H,3,10-11H2. The molecule has 0 nitrogen and oxygen atoms in total. The van der Waals surface area contributed by atoms with Gasteiger partial charge >= 0.3 is 0 Å². The molecule has 74 valence electrons. The van der Waals surface area contributed by atoms with E-state index in [9.17, 15) is 0 Å². The predicted molar refractivity (Wildman–Crippen MR) is 63.8 cm³/mol. The minimum absolute atomic E-state index is 1.08. The van der Waals surface area contributed by atoms with E-state index in [1.54, 1.807) is 0 Å². The van der Waals surface area contributed by atoms with Gasteiger partial charge in [-0.1, -0.05) is 48.6 Å². The molecule has 1 aromatic rings. The van der Waals surface area contributed by atoms with Crippen LogP contribution in [0, 0.1) is 0 Å². The average Bonchev–Trinajstić information content (AvgIpc) is 2.50. The average molecular weight is 194 g/mol. The van der Waals surface area contributed by atoms with Crippen molar-refractivity contribution in [2.45, 2.75) is 19.3 Å². The molecule has 2 aliphatic rings. The Bertz CT molecular complexity index is 473. The lowest BCUT2D eigenvalue weighted by atomic mass is 9.84. The van der Waals surface area contributed by atoms with Gasteiger partial charge in [0.1, 0.15) is 0 Å². The summed E-state index contributed by atoms with van der Waals surface area (Å²) in [6, 6.07) is 8.79. The van der Waals surface area contributed by atoms with Crippen molar-refractivity contribution in [3.63, 3.8) is 0 Å². The van der Waals surface area contributed by atoms with Crippen LogP contribution in [-0.2, 0) is 12.8 Å². The van der Waals surface area contributed by atoms with E-state index in [0.29, 0.717) is 0 Å². The van der Waals surface area contributed by atoms with Gasteiger partial charge in [0.25, 0.3) is 0 Å². The summed E-state index contributed by atoms with van der Waals surface area (Å²) in [5, 5.41) is 0. The maximum Gasteiger partial charge on any atom is -0.00202 e. The first kappa shape index (κ1) is 8.72. The van der Waals surface area contributed by atoms with Gasteiger partial charge < -0.3 is 0 Å². The van der Waals surface area contributed by atoms with Gasteiger partial charge in [0.2, 0.25) is 0 Å². The van der Waals surface area contributed by atoms with E-state index < -0.39 is 0 Å². The first-order valence-electron chi connectivity index (χ1n) is 5.55. The van der Waals surface area contributed by atoms with Crippen molar-refractivity contribution in [3.8, 4) is 0 Å². The van der Waals surface area contributed by atoms with Crippen molar-refractivity contribution in [1.29, 1.82) is 0 Å². The smallest absolute Gasteiger partial charge is 0.00202 e. The molecule has 2 aliphatic carbocycles. The molecule has 0 amide bonds. The van der Waals surface area contributed by atoms with Crippen LogP contribution in [-0.4, -0.2) is 0 Å². The molecule has 0 aromatic heterocycles. The zero-order valence-electron chi connectivity index (χ0n) is 8.74. The third-order valence-electron chi connectivity index (χ3n) is 3.23. The normalized spacial score (nSPS) is 18.4. The maximum atomic E-state index is 2.37. The van der Waals surface area contributed by atoms with Crippen LogP contribution in [0.1, 0.15) is 17.5 Å². The Morgan fingerprint density at radius 3 is 2.40 bits per heavy atom. The van der Waals surface area contributed by atoms with Gasteiger partial charge in [0.05, 0.1) is 0 Å². The molecule has 0 unspecified atom stereocenters. The second kappa shape index (κ2) is 3.54. The van der Waals surface area contributed by atoms with Crippen molar-refractivity contribution >= 4 is 0 Å². The van der Waals surface area contributed by atoms with Gasteiger partial charge in [0.15, 0.2) is 0 Å². The summed E-state index contributed by atoms with van der Waals surface area (Å²) in [4.78, 5) is 0. The summed E-state index contributed by atoms with van der Waals surface area (Å²) in [6.45, 7) is 0. The summed E-state index contributed by atoms with van der Waals surface area (Å²) in [7, 11) is 0. The number of rotatable bonds is 0. The topological polar surface area (TPSA) is 0 Å². The molecule has 0 spiro atoms. The Morgan fingerprint density at radius 2 is 1.60 bits per heavy atom. The molecular weight excluding hydrogens is 180 g/mol. The Labute approximate surface area is 90.6 Å². The van der Waals surface area contributed by atoms with Crippen LogP contribution in [0.15, 0.2) is 59.7 Å². The molecule has 3 rings (SSSR count). The fourth-order valence-corrected chi connectivity index (χ4v) is 2.38. The first-order valence-corrected chi connectivity index (χ1v) is 5.55. The third-order valence-corrected chi connectivity index (χ3v) is 3.23.